The molecule has 0 saturated carbocycles. The van der Waals surface area contributed by atoms with Crippen LogP contribution in [0.25, 0.3) is 0 Å². The van der Waals surface area contributed by atoms with Gasteiger partial charge in [-0.3, -0.25) is 0 Å². The van der Waals surface area contributed by atoms with Crippen molar-refractivity contribution in [2.45, 2.75) is 33.3 Å². The van der Waals surface area contributed by atoms with Crippen molar-refractivity contribution >= 4 is 0 Å². The molecule has 1 atom stereocenters. The molecular formula is C13H20O2. The van der Waals surface area contributed by atoms with E-state index in [1.807, 2.05) is 24.3 Å². The van der Waals surface area contributed by atoms with Crippen molar-refractivity contribution in [3.05, 3.63) is 29.8 Å². The Hall–Kier alpha value is -1.02. The number of benzene rings is 1. The fourth-order valence-corrected chi connectivity index (χ4v) is 1.39. The van der Waals surface area contributed by atoms with Crippen LogP contribution in [0.2, 0.25) is 0 Å². The highest BCUT2D eigenvalue weighted by atomic mass is 16.5. The van der Waals surface area contributed by atoms with Gasteiger partial charge in [-0.05, 0) is 24.5 Å². The molecule has 1 rings (SSSR count). The maximum atomic E-state index is 9.35. The van der Waals surface area contributed by atoms with Crippen molar-refractivity contribution in [1.29, 1.82) is 0 Å². The minimum absolute atomic E-state index is 0.325. The molecule has 0 aromatic heterocycles. The van der Waals surface area contributed by atoms with Crippen LogP contribution in [0, 0.1) is 5.92 Å². The zero-order chi connectivity index (χ0) is 11.3. The first-order chi connectivity index (χ1) is 7.09. The van der Waals surface area contributed by atoms with Crippen LogP contribution in [0.3, 0.4) is 0 Å². The summed E-state index contributed by atoms with van der Waals surface area (Å²) in [7, 11) is 0. The molecule has 15 heavy (non-hydrogen) atoms. The van der Waals surface area contributed by atoms with Gasteiger partial charge in [0.25, 0.3) is 0 Å². The predicted octanol–water partition coefficient (Wildman–Crippen LogP) is 2.64. The van der Waals surface area contributed by atoms with Gasteiger partial charge in [0, 0.05) is 6.42 Å². The number of hydrogen-bond acceptors (Lipinski definition) is 2. The van der Waals surface area contributed by atoms with E-state index in [9.17, 15) is 5.11 Å². The third kappa shape index (κ3) is 4.34. The van der Waals surface area contributed by atoms with Crippen LogP contribution in [-0.4, -0.2) is 17.8 Å². The second-order valence-corrected chi connectivity index (χ2v) is 4.37. The number of ether oxygens (including phenoxy) is 1. The molecule has 1 aromatic carbocycles. The molecule has 0 saturated heterocycles. The normalized spacial score (nSPS) is 12.9. The monoisotopic (exact) mass is 208 g/mol. The van der Waals surface area contributed by atoms with Crippen LogP contribution < -0.4 is 4.74 Å². The zero-order valence-corrected chi connectivity index (χ0v) is 9.73. The topological polar surface area (TPSA) is 29.5 Å². The van der Waals surface area contributed by atoms with E-state index in [1.165, 1.54) is 0 Å². The van der Waals surface area contributed by atoms with Gasteiger partial charge in [-0.2, -0.15) is 0 Å². The Labute approximate surface area is 91.9 Å². The van der Waals surface area contributed by atoms with Crippen LogP contribution in [0.15, 0.2) is 24.3 Å². The second kappa shape index (κ2) is 5.76. The molecular weight excluding hydrogens is 188 g/mol. The summed E-state index contributed by atoms with van der Waals surface area (Å²) < 4.78 is 5.69. The van der Waals surface area contributed by atoms with E-state index in [2.05, 4.69) is 13.8 Å². The SMILES string of the molecule is CC(C)COc1ccccc1CC(C)O. The Morgan fingerprint density at radius 1 is 1.20 bits per heavy atom. The summed E-state index contributed by atoms with van der Waals surface area (Å²) in [4.78, 5) is 0. The van der Waals surface area contributed by atoms with Crippen LogP contribution in [0.5, 0.6) is 5.75 Å². The number of hydrogen-bond donors (Lipinski definition) is 1. The summed E-state index contributed by atoms with van der Waals surface area (Å²) in [5, 5.41) is 9.35. The Balaban J connectivity index is 2.68. The summed E-state index contributed by atoms with van der Waals surface area (Å²) in [5.41, 5.74) is 1.08. The predicted molar refractivity (Wildman–Crippen MR) is 62.2 cm³/mol. The number of para-hydroxylation sites is 1. The summed E-state index contributed by atoms with van der Waals surface area (Å²) >= 11 is 0. The first-order valence-electron chi connectivity index (χ1n) is 5.48. The smallest absolute Gasteiger partial charge is 0.122 e. The van der Waals surface area contributed by atoms with E-state index in [4.69, 9.17) is 4.74 Å². The maximum absolute atomic E-state index is 9.35. The van der Waals surface area contributed by atoms with Gasteiger partial charge in [-0.25, -0.2) is 0 Å². The van der Waals surface area contributed by atoms with Crippen LogP contribution in [-0.2, 0) is 6.42 Å². The first-order valence-corrected chi connectivity index (χ1v) is 5.48. The summed E-state index contributed by atoms with van der Waals surface area (Å²) in [5.74, 6) is 1.41. The molecule has 1 aromatic rings. The first kappa shape index (κ1) is 12.1. The molecule has 0 radical (unpaired) electrons. The number of rotatable bonds is 5. The molecule has 2 heteroatoms. The lowest BCUT2D eigenvalue weighted by Gasteiger charge is -2.13. The highest BCUT2D eigenvalue weighted by Crippen LogP contribution is 2.20. The van der Waals surface area contributed by atoms with Crippen molar-refractivity contribution in [2.75, 3.05) is 6.61 Å². The van der Waals surface area contributed by atoms with E-state index in [0.29, 0.717) is 12.3 Å². The van der Waals surface area contributed by atoms with E-state index in [0.717, 1.165) is 17.9 Å². The fraction of sp³-hybridized carbons (Fsp3) is 0.538. The van der Waals surface area contributed by atoms with E-state index < -0.39 is 0 Å². The minimum atomic E-state index is -0.325. The molecule has 84 valence electrons. The maximum Gasteiger partial charge on any atom is 0.122 e. The average molecular weight is 208 g/mol. The molecule has 0 aliphatic rings. The van der Waals surface area contributed by atoms with Crippen LogP contribution in [0.1, 0.15) is 26.3 Å². The molecule has 2 nitrogen and oxygen atoms in total. The van der Waals surface area contributed by atoms with Gasteiger partial charge in [0.2, 0.25) is 0 Å². The Kier molecular flexibility index (Phi) is 4.63. The van der Waals surface area contributed by atoms with E-state index in [1.54, 1.807) is 6.92 Å². The molecule has 1 unspecified atom stereocenters. The number of aliphatic hydroxyl groups excluding tert-OH is 1. The van der Waals surface area contributed by atoms with Gasteiger partial charge in [-0.15, -0.1) is 0 Å². The van der Waals surface area contributed by atoms with Crippen molar-refractivity contribution in [3.63, 3.8) is 0 Å². The molecule has 0 heterocycles. The highest BCUT2D eigenvalue weighted by Gasteiger charge is 2.06. The third-order valence-corrected chi connectivity index (χ3v) is 2.06. The van der Waals surface area contributed by atoms with E-state index in [-0.39, 0.29) is 6.10 Å². The Morgan fingerprint density at radius 3 is 2.47 bits per heavy atom. The standard InChI is InChI=1S/C13H20O2/c1-10(2)9-15-13-7-5-4-6-12(13)8-11(3)14/h4-7,10-11,14H,8-9H2,1-3H3. The fourth-order valence-electron chi connectivity index (χ4n) is 1.39. The number of aliphatic hydroxyl groups is 1. The Bertz CT molecular complexity index is 292. The van der Waals surface area contributed by atoms with Gasteiger partial charge in [0.05, 0.1) is 12.7 Å². The van der Waals surface area contributed by atoms with Gasteiger partial charge >= 0.3 is 0 Å². The molecule has 0 aliphatic heterocycles. The second-order valence-electron chi connectivity index (χ2n) is 4.37. The average Bonchev–Trinajstić information content (AvgIpc) is 2.15. The quantitative estimate of drug-likeness (QED) is 0.806. The highest BCUT2D eigenvalue weighted by molar-refractivity contribution is 5.33. The van der Waals surface area contributed by atoms with Crippen LogP contribution in [0.4, 0.5) is 0 Å². The minimum Gasteiger partial charge on any atom is -0.493 e. The van der Waals surface area contributed by atoms with Gasteiger partial charge in [-0.1, -0.05) is 32.0 Å². The molecule has 0 aliphatic carbocycles. The lowest BCUT2D eigenvalue weighted by atomic mass is 10.1. The van der Waals surface area contributed by atoms with Crippen molar-refractivity contribution < 1.29 is 9.84 Å². The molecule has 0 amide bonds. The van der Waals surface area contributed by atoms with E-state index >= 15 is 0 Å². The lowest BCUT2D eigenvalue weighted by Crippen LogP contribution is -2.09. The largest absolute Gasteiger partial charge is 0.493 e. The molecule has 0 fully saturated rings. The van der Waals surface area contributed by atoms with Gasteiger partial charge < -0.3 is 9.84 Å². The van der Waals surface area contributed by atoms with Gasteiger partial charge in [0.15, 0.2) is 0 Å². The van der Waals surface area contributed by atoms with Gasteiger partial charge in [0.1, 0.15) is 5.75 Å². The third-order valence-electron chi connectivity index (χ3n) is 2.06. The zero-order valence-electron chi connectivity index (χ0n) is 9.73. The summed E-state index contributed by atoms with van der Waals surface area (Å²) in [6.07, 6.45) is 0.322. The summed E-state index contributed by atoms with van der Waals surface area (Å²) in [6.45, 7) is 6.75. The van der Waals surface area contributed by atoms with Crippen molar-refractivity contribution in [2.24, 2.45) is 5.92 Å². The van der Waals surface area contributed by atoms with Crippen LogP contribution >= 0.6 is 0 Å². The van der Waals surface area contributed by atoms with Crippen molar-refractivity contribution in [1.82, 2.24) is 0 Å². The molecule has 1 N–H and O–H groups in total. The van der Waals surface area contributed by atoms with Crippen molar-refractivity contribution in [3.8, 4) is 5.75 Å². The lowest BCUT2D eigenvalue weighted by molar-refractivity contribution is 0.192. The molecule has 0 bridgehead atoms. The Morgan fingerprint density at radius 2 is 1.87 bits per heavy atom. The molecule has 0 spiro atoms. The summed E-state index contributed by atoms with van der Waals surface area (Å²) in [6, 6.07) is 7.89.